The molecule has 1 N–H and O–H groups in total. The van der Waals surface area contributed by atoms with Crippen molar-refractivity contribution in [2.24, 2.45) is 0 Å². The third-order valence-electron chi connectivity index (χ3n) is 3.69. The number of hydrogen-bond donors (Lipinski definition) is 1. The van der Waals surface area contributed by atoms with E-state index in [9.17, 15) is 9.90 Å². The van der Waals surface area contributed by atoms with Gasteiger partial charge in [-0.2, -0.15) is 0 Å². The summed E-state index contributed by atoms with van der Waals surface area (Å²) in [6.07, 6.45) is 2.51. The summed E-state index contributed by atoms with van der Waals surface area (Å²) in [4.78, 5) is 12.3. The number of rotatable bonds is 7. The number of carbonyl (C=O) groups is 1. The molecule has 3 nitrogen and oxygen atoms in total. The van der Waals surface area contributed by atoms with Crippen molar-refractivity contribution >= 4 is 29.0 Å². The topological polar surface area (TPSA) is 46.5 Å². The maximum atomic E-state index is 11.5. The second-order valence-corrected chi connectivity index (χ2v) is 6.44. The smallest absolute Gasteiger partial charge is 0.337 e. The van der Waals surface area contributed by atoms with Gasteiger partial charge in [0.05, 0.1) is 12.2 Å². The van der Waals surface area contributed by atoms with Crippen molar-refractivity contribution in [1.82, 2.24) is 0 Å². The van der Waals surface area contributed by atoms with Crippen LogP contribution >= 0.6 is 11.3 Å². The van der Waals surface area contributed by atoms with Gasteiger partial charge in [-0.1, -0.05) is 48.5 Å². The second-order valence-electron chi connectivity index (χ2n) is 5.50. The van der Waals surface area contributed by atoms with Gasteiger partial charge < -0.3 is 9.84 Å². The largest absolute Gasteiger partial charge is 0.493 e. The Hall–Kier alpha value is -2.85. The molecule has 0 saturated heterocycles. The molecular weight excluding hydrogens is 332 g/mol. The van der Waals surface area contributed by atoms with E-state index in [-0.39, 0.29) is 5.57 Å². The molecular formula is C21H18O3S. The third-order valence-corrected chi connectivity index (χ3v) is 4.59. The predicted molar refractivity (Wildman–Crippen MR) is 102 cm³/mol. The number of hydrogen-bond acceptors (Lipinski definition) is 3. The van der Waals surface area contributed by atoms with E-state index < -0.39 is 5.97 Å². The van der Waals surface area contributed by atoms with Gasteiger partial charge in [0.2, 0.25) is 0 Å². The predicted octanol–water partition coefficient (Wildman–Crippen LogP) is 4.99. The summed E-state index contributed by atoms with van der Waals surface area (Å²) in [5.41, 5.74) is 2.32. The lowest BCUT2D eigenvalue weighted by molar-refractivity contribution is -0.130. The van der Waals surface area contributed by atoms with E-state index in [0.717, 1.165) is 22.6 Å². The molecule has 0 amide bonds. The van der Waals surface area contributed by atoms with Crippen LogP contribution < -0.4 is 4.74 Å². The molecule has 126 valence electrons. The third kappa shape index (κ3) is 4.81. The number of thiophene rings is 1. The van der Waals surface area contributed by atoms with Crippen molar-refractivity contribution in [3.05, 3.63) is 88.1 Å². The molecule has 0 aliphatic rings. The van der Waals surface area contributed by atoms with Gasteiger partial charge in [-0.25, -0.2) is 4.79 Å². The van der Waals surface area contributed by atoms with Gasteiger partial charge in [-0.15, -0.1) is 11.3 Å². The van der Waals surface area contributed by atoms with Crippen LogP contribution in [0.4, 0.5) is 0 Å². The van der Waals surface area contributed by atoms with Gasteiger partial charge in [-0.05, 0) is 40.8 Å². The molecule has 1 heterocycles. The van der Waals surface area contributed by atoms with Crippen LogP contribution in [0.1, 0.15) is 16.0 Å². The Morgan fingerprint density at radius 1 is 1.04 bits per heavy atom. The Balaban J connectivity index is 1.70. The van der Waals surface area contributed by atoms with Crippen LogP contribution in [0.2, 0.25) is 0 Å². The average molecular weight is 350 g/mol. The maximum Gasteiger partial charge on any atom is 0.337 e. The minimum absolute atomic E-state index is 0.288. The quantitative estimate of drug-likeness (QED) is 0.610. The van der Waals surface area contributed by atoms with Crippen molar-refractivity contribution in [3.63, 3.8) is 0 Å². The normalized spacial score (nSPS) is 11.3. The van der Waals surface area contributed by atoms with E-state index in [0.29, 0.717) is 6.61 Å². The minimum atomic E-state index is -0.933. The van der Waals surface area contributed by atoms with Crippen molar-refractivity contribution in [2.75, 3.05) is 6.61 Å². The average Bonchev–Trinajstić information content (AvgIpc) is 3.15. The molecule has 4 heteroatoms. The first-order valence-electron chi connectivity index (χ1n) is 7.98. The zero-order chi connectivity index (χ0) is 17.5. The SMILES string of the molecule is O=C(O)/C(=C\c1cccc(OCCc2ccccc2)c1)c1cccs1. The van der Waals surface area contributed by atoms with E-state index in [1.807, 2.05) is 60.0 Å². The summed E-state index contributed by atoms with van der Waals surface area (Å²) < 4.78 is 5.81. The summed E-state index contributed by atoms with van der Waals surface area (Å²) in [5.74, 6) is -0.196. The molecule has 0 aliphatic carbocycles. The minimum Gasteiger partial charge on any atom is -0.493 e. The standard InChI is InChI=1S/C21H18O3S/c22-21(23)19(20-10-5-13-25-20)15-17-8-4-9-18(14-17)24-12-11-16-6-2-1-3-7-16/h1-10,13-15H,11-12H2,(H,22,23)/b19-15-. The molecule has 0 radical (unpaired) electrons. The van der Waals surface area contributed by atoms with E-state index in [1.165, 1.54) is 16.9 Å². The fourth-order valence-corrected chi connectivity index (χ4v) is 3.20. The molecule has 25 heavy (non-hydrogen) atoms. The molecule has 0 unspecified atom stereocenters. The van der Waals surface area contributed by atoms with E-state index in [4.69, 9.17) is 4.74 Å². The molecule has 0 fully saturated rings. The molecule has 2 aromatic carbocycles. The molecule has 0 saturated carbocycles. The highest BCUT2D eigenvalue weighted by Crippen LogP contribution is 2.24. The monoisotopic (exact) mass is 350 g/mol. The zero-order valence-corrected chi connectivity index (χ0v) is 14.4. The summed E-state index contributed by atoms with van der Waals surface area (Å²) in [6, 6.07) is 21.3. The summed E-state index contributed by atoms with van der Waals surface area (Å²) in [5, 5.41) is 11.3. The summed E-state index contributed by atoms with van der Waals surface area (Å²) in [6.45, 7) is 0.577. The number of benzene rings is 2. The maximum absolute atomic E-state index is 11.5. The Kier molecular flexibility index (Phi) is 5.65. The Bertz CT molecular complexity index is 852. The van der Waals surface area contributed by atoms with E-state index >= 15 is 0 Å². The fourth-order valence-electron chi connectivity index (χ4n) is 2.46. The zero-order valence-electron chi connectivity index (χ0n) is 13.6. The first kappa shape index (κ1) is 17.0. The highest BCUT2D eigenvalue weighted by molar-refractivity contribution is 7.11. The Labute approximate surface area is 150 Å². The van der Waals surface area contributed by atoms with Crippen molar-refractivity contribution in [1.29, 1.82) is 0 Å². The molecule has 3 rings (SSSR count). The van der Waals surface area contributed by atoms with Gasteiger partial charge in [-0.3, -0.25) is 0 Å². The van der Waals surface area contributed by atoms with Crippen LogP contribution in [0.5, 0.6) is 5.75 Å². The van der Waals surface area contributed by atoms with Crippen LogP contribution in [0.25, 0.3) is 11.6 Å². The fraction of sp³-hybridized carbons (Fsp3) is 0.0952. The number of ether oxygens (including phenoxy) is 1. The van der Waals surface area contributed by atoms with Gasteiger partial charge >= 0.3 is 5.97 Å². The molecule has 3 aromatic rings. The highest BCUT2D eigenvalue weighted by atomic mass is 32.1. The van der Waals surface area contributed by atoms with Gasteiger partial charge in [0, 0.05) is 11.3 Å². The van der Waals surface area contributed by atoms with Crippen molar-refractivity contribution < 1.29 is 14.6 Å². The van der Waals surface area contributed by atoms with Gasteiger partial charge in [0.15, 0.2) is 0 Å². The lowest BCUT2D eigenvalue weighted by Gasteiger charge is -2.07. The summed E-state index contributed by atoms with van der Waals surface area (Å²) >= 11 is 1.41. The first-order valence-corrected chi connectivity index (χ1v) is 8.86. The molecule has 1 aromatic heterocycles. The number of aliphatic carboxylic acids is 1. The van der Waals surface area contributed by atoms with Crippen LogP contribution in [-0.4, -0.2) is 17.7 Å². The van der Waals surface area contributed by atoms with Gasteiger partial charge in [0.25, 0.3) is 0 Å². The van der Waals surface area contributed by atoms with Crippen LogP contribution in [-0.2, 0) is 11.2 Å². The molecule has 0 bridgehead atoms. The lowest BCUT2D eigenvalue weighted by atomic mass is 10.1. The van der Waals surface area contributed by atoms with Crippen molar-refractivity contribution in [2.45, 2.75) is 6.42 Å². The van der Waals surface area contributed by atoms with E-state index in [2.05, 4.69) is 12.1 Å². The second kappa shape index (κ2) is 8.31. The Morgan fingerprint density at radius 2 is 1.88 bits per heavy atom. The first-order chi connectivity index (χ1) is 12.2. The molecule has 0 spiro atoms. The van der Waals surface area contributed by atoms with Crippen LogP contribution in [0, 0.1) is 0 Å². The molecule has 0 aliphatic heterocycles. The lowest BCUT2D eigenvalue weighted by Crippen LogP contribution is -2.01. The molecule has 0 atom stereocenters. The number of carboxylic acids is 1. The Morgan fingerprint density at radius 3 is 2.60 bits per heavy atom. The van der Waals surface area contributed by atoms with E-state index in [1.54, 1.807) is 6.08 Å². The van der Waals surface area contributed by atoms with Crippen molar-refractivity contribution in [3.8, 4) is 5.75 Å². The van der Waals surface area contributed by atoms with Gasteiger partial charge in [0.1, 0.15) is 5.75 Å². The van der Waals surface area contributed by atoms with Crippen LogP contribution in [0.3, 0.4) is 0 Å². The van der Waals surface area contributed by atoms with Crippen LogP contribution in [0.15, 0.2) is 72.1 Å². The summed E-state index contributed by atoms with van der Waals surface area (Å²) in [7, 11) is 0. The number of carboxylic acid groups (broad SMARTS) is 1. The highest BCUT2D eigenvalue weighted by Gasteiger charge is 2.11.